The molecule has 0 rings (SSSR count). The van der Waals surface area contributed by atoms with Gasteiger partial charge in [-0.25, -0.2) is 0 Å². The van der Waals surface area contributed by atoms with E-state index in [2.05, 4.69) is 19.2 Å². The Hall–Kier alpha value is -1.32. The first-order chi connectivity index (χ1) is 5.99. The summed E-state index contributed by atoms with van der Waals surface area (Å²) in [5.41, 5.74) is 0. The number of ketones is 1. The highest BCUT2D eigenvalue weighted by atomic mass is 16.3. The first-order valence-electron chi connectivity index (χ1n) is 4.12. The number of hydrogen-bond acceptors (Lipinski definition) is 3. The van der Waals surface area contributed by atoms with Gasteiger partial charge in [-0.15, -0.1) is 0 Å². The molecular formula is C9H17NO3. The van der Waals surface area contributed by atoms with E-state index >= 15 is 0 Å². The maximum Gasteiger partial charge on any atom is 0.285 e. The van der Waals surface area contributed by atoms with Gasteiger partial charge in [-0.3, -0.25) is 9.59 Å². The molecule has 0 saturated heterocycles. The zero-order valence-corrected chi connectivity index (χ0v) is 8.55. The number of aliphatic hydroxyl groups excluding tert-OH is 1. The molecule has 76 valence electrons. The molecule has 1 amide bonds. The maximum absolute atomic E-state index is 10.5. The summed E-state index contributed by atoms with van der Waals surface area (Å²) in [7, 11) is 1.37. The minimum Gasteiger partial charge on any atom is -0.503 e. The molecule has 2 N–H and O–H groups in total. The van der Waals surface area contributed by atoms with Gasteiger partial charge in [0.2, 0.25) is 0 Å². The fourth-order valence-electron chi connectivity index (χ4n) is 0.386. The predicted molar refractivity (Wildman–Crippen MR) is 51.4 cm³/mol. The Labute approximate surface area is 78.6 Å². The zero-order valence-electron chi connectivity index (χ0n) is 8.55. The van der Waals surface area contributed by atoms with Gasteiger partial charge in [0.05, 0.1) is 0 Å². The van der Waals surface area contributed by atoms with Gasteiger partial charge in [0, 0.05) is 13.1 Å². The molecule has 0 aromatic carbocycles. The summed E-state index contributed by atoms with van der Waals surface area (Å²) in [4.78, 5) is 20.7. The Morgan fingerprint density at radius 1 is 1.38 bits per heavy atom. The van der Waals surface area contributed by atoms with Gasteiger partial charge in [-0.05, 0) is 6.92 Å². The lowest BCUT2D eigenvalue weighted by atomic mass is 10.3. The normalized spacial score (nSPS) is 9.69. The molecule has 0 aliphatic heterocycles. The molecule has 0 aromatic heterocycles. The lowest BCUT2D eigenvalue weighted by Crippen LogP contribution is -2.20. The Bertz CT molecular complexity index is 197. The molecule has 0 saturated carbocycles. The van der Waals surface area contributed by atoms with E-state index in [1.165, 1.54) is 20.4 Å². The van der Waals surface area contributed by atoms with E-state index in [0.29, 0.717) is 0 Å². The third-order valence-corrected chi connectivity index (χ3v) is 0.800. The summed E-state index contributed by atoms with van der Waals surface area (Å²) in [6, 6.07) is 0. The van der Waals surface area contributed by atoms with Crippen LogP contribution in [-0.2, 0) is 9.59 Å². The zero-order chi connectivity index (χ0) is 10.9. The SMILES string of the molecule is CCC.CNC(=O)/C(O)=C/C(C)=O. The molecule has 0 aromatic rings. The van der Waals surface area contributed by atoms with Crippen LogP contribution in [0.15, 0.2) is 11.8 Å². The van der Waals surface area contributed by atoms with Crippen LogP contribution in [0.25, 0.3) is 0 Å². The number of nitrogens with one attached hydrogen (secondary N) is 1. The number of allylic oxidation sites excluding steroid dienone is 1. The molecule has 0 atom stereocenters. The van der Waals surface area contributed by atoms with E-state index in [-0.39, 0.29) is 5.78 Å². The van der Waals surface area contributed by atoms with Crippen LogP contribution in [0.5, 0.6) is 0 Å². The Morgan fingerprint density at radius 2 is 1.77 bits per heavy atom. The van der Waals surface area contributed by atoms with Crippen molar-refractivity contribution >= 4 is 11.7 Å². The van der Waals surface area contributed by atoms with Gasteiger partial charge >= 0.3 is 0 Å². The van der Waals surface area contributed by atoms with E-state index in [4.69, 9.17) is 5.11 Å². The van der Waals surface area contributed by atoms with E-state index in [0.717, 1.165) is 6.08 Å². The smallest absolute Gasteiger partial charge is 0.285 e. The Morgan fingerprint density at radius 3 is 2.00 bits per heavy atom. The number of carbonyl (C=O) groups excluding carboxylic acids is 2. The number of likely N-dealkylation sites (N-methyl/N-ethyl adjacent to an activating group) is 1. The topological polar surface area (TPSA) is 66.4 Å². The number of amides is 1. The minimum atomic E-state index is -0.657. The van der Waals surface area contributed by atoms with Crippen molar-refractivity contribution in [2.24, 2.45) is 0 Å². The Kier molecular flexibility index (Phi) is 9.60. The first kappa shape index (κ1) is 14.2. The van der Waals surface area contributed by atoms with Crippen molar-refractivity contribution in [2.75, 3.05) is 7.05 Å². The van der Waals surface area contributed by atoms with Crippen LogP contribution in [0.4, 0.5) is 0 Å². The molecule has 0 aliphatic rings. The fourth-order valence-corrected chi connectivity index (χ4v) is 0.386. The van der Waals surface area contributed by atoms with Gasteiger partial charge in [-0.2, -0.15) is 0 Å². The average molecular weight is 187 g/mol. The number of aliphatic hydroxyl groups is 1. The van der Waals surface area contributed by atoms with E-state index in [1.54, 1.807) is 0 Å². The van der Waals surface area contributed by atoms with Gasteiger partial charge in [-0.1, -0.05) is 20.3 Å². The predicted octanol–water partition coefficient (Wildman–Crippen LogP) is 1.18. The van der Waals surface area contributed by atoms with Crippen LogP contribution >= 0.6 is 0 Å². The highest BCUT2D eigenvalue weighted by Crippen LogP contribution is 1.87. The van der Waals surface area contributed by atoms with Gasteiger partial charge < -0.3 is 10.4 Å². The quantitative estimate of drug-likeness (QED) is 0.504. The molecule has 0 spiro atoms. The molecule has 0 unspecified atom stereocenters. The standard InChI is InChI=1S/C6H9NO3.C3H8/c1-4(8)3-5(9)6(10)7-2;1-3-2/h3,9H,1-2H3,(H,7,10);3H2,1-2H3/b5-3-;. The van der Waals surface area contributed by atoms with Crippen molar-refractivity contribution in [1.29, 1.82) is 0 Å². The lowest BCUT2D eigenvalue weighted by molar-refractivity contribution is -0.120. The van der Waals surface area contributed by atoms with Crippen molar-refractivity contribution in [2.45, 2.75) is 27.2 Å². The molecule has 0 fully saturated rings. The number of carbonyl (C=O) groups is 2. The number of hydrogen-bond donors (Lipinski definition) is 2. The average Bonchev–Trinajstić information content (AvgIpc) is 2.03. The summed E-state index contributed by atoms with van der Waals surface area (Å²) in [6.45, 7) is 5.50. The highest BCUT2D eigenvalue weighted by molar-refractivity contribution is 5.98. The third kappa shape index (κ3) is 10.7. The second-order valence-corrected chi connectivity index (χ2v) is 2.43. The molecule has 0 aliphatic carbocycles. The van der Waals surface area contributed by atoms with Crippen LogP contribution in [0.3, 0.4) is 0 Å². The molecule has 0 radical (unpaired) electrons. The molecule has 0 bridgehead atoms. The summed E-state index contributed by atoms with van der Waals surface area (Å²) in [6.07, 6.45) is 2.11. The van der Waals surface area contributed by atoms with E-state index < -0.39 is 11.7 Å². The molecule has 4 heteroatoms. The van der Waals surface area contributed by atoms with Gasteiger partial charge in [0.25, 0.3) is 5.91 Å². The van der Waals surface area contributed by atoms with Crippen LogP contribution in [0.1, 0.15) is 27.2 Å². The molecular weight excluding hydrogens is 170 g/mol. The third-order valence-electron chi connectivity index (χ3n) is 0.800. The fraction of sp³-hybridized carbons (Fsp3) is 0.556. The molecule has 4 nitrogen and oxygen atoms in total. The van der Waals surface area contributed by atoms with Crippen molar-refractivity contribution in [3.05, 3.63) is 11.8 Å². The first-order valence-corrected chi connectivity index (χ1v) is 4.12. The molecule has 0 heterocycles. The van der Waals surface area contributed by atoms with Gasteiger partial charge in [0.15, 0.2) is 11.5 Å². The van der Waals surface area contributed by atoms with Crippen molar-refractivity contribution in [3.8, 4) is 0 Å². The summed E-state index contributed by atoms with van der Waals surface area (Å²) >= 11 is 0. The second kappa shape index (κ2) is 8.77. The Balaban J connectivity index is 0. The minimum absolute atomic E-state index is 0.360. The summed E-state index contributed by atoms with van der Waals surface area (Å²) in [5, 5.41) is 10.9. The van der Waals surface area contributed by atoms with E-state index in [1.807, 2.05) is 0 Å². The van der Waals surface area contributed by atoms with Crippen molar-refractivity contribution < 1.29 is 14.7 Å². The van der Waals surface area contributed by atoms with Crippen LogP contribution in [0.2, 0.25) is 0 Å². The summed E-state index contributed by atoms with van der Waals surface area (Å²) in [5.74, 6) is -1.58. The largest absolute Gasteiger partial charge is 0.503 e. The summed E-state index contributed by atoms with van der Waals surface area (Å²) < 4.78 is 0. The van der Waals surface area contributed by atoms with Crippen molar-refractivity contribution in [1.82, 2.24) is 5.32 Å². The van der Waals surface area contributed by atoms with E-state index in [9.17, 15) is 9.59 Å². The number of rotatable bonds is 2. The monoisotopic (exact) mass is 187 g/mol. The van der Waals surface area contributed by atoms with Crippen molar-refractivity contribution in [3.63, 3.8) is 0 Å². The van der Waals surface area contributed by atoms with Crippen LogP contribution in [0, 0.1) is 0 Å². The van der Waals surface area contributed by atoms with Crippen LogP contribution in [-0.4, -0.2) is 23.8 Å². The second-order valence-electron chi connectivity index (χ2n) is 2.43. The molecule has 13 heavy (non-hydrogen) atoms. The lowest BCUT2D eigenvalue weighted by Gasteiger charge is -1.94. The van der Waals surface area contributed by atoms with Gasteiger partial charge in [0.1, 0.15) is 0 Å². The highest BCUT2D eigenvalue weighted by Gasteiger charge is 2.03. The maximum atomic E-state index is 10.5. The van der Waals surface area contributed by atoms with Crippen LogP contribution < -0.4 is 5.32 Å².